The van der Waals surface area contributed by atoms with Gasteiger partial charge in [0.05, 0.1) is 7.11 Å². The summed E-state index contributed by atoms with van der Waals surface area (Å²) >= 11 is 12.5. The SMILES string of the molecule is COc1cccc(N(CC2(N3CCN(C(=O)C(Cc4ccc(Cl)cc4Cl)NC(=O)CCN)CC3)CCCCC2)C(C)=O)c1. The lowest BCUT2D eigenvalue weighted by atomic mass is 9.79. The Labute approximate surface area is 264 Å². The normalized spacial score (nSPS) is 17.7. The van der Waals surface area contributed by atoms with Crippen molar-refractivity contribution in [2.24, 2.45) is 5.73 Å². The molecule has 0 spiro atoms. The molecule has 2 aliphatic rings. The van der Waals surface area contributed by atoms with Gasteiger partial charge in [-0.05, 0) is 42.7 Å². The monoisotopic (exact) mass is 631 g/mol. The Bertz CT molecular complexity index is 1280. The van der Waals surface area contributed by atoms with E-state index in [1.807, 2.05) is 34.1 Å². The van der Waals surface area contributed by atoms with Crippen LogP contribution in [0.1, 0.15) is 51.0 Å². The Morgan fingerprint density at radius 3 is 2.40 bits per heavy atom. The van der Waals surface area contributed by atoms with Crippen molar-refractivity contribution in [3.63, 3.8) is 0 Å². The van der Waals surface area contributed by atoms with Gasteiger partial charge in [0.15, 0.2) is 0 Å². The smallest absolute Gasteiger partial charge is 0.245 e. The number of carbonyl (C=O) groups excluding carboxylic acids is 3. The Morgan fingerprint density at radius 1 is 1.05 bits per heavy atom. The maximum absolute atomic E-state index is 13.8. The second kappa shape index (κ2) is 15.2. The molecule has 11 heteroatoms. The molecule has 1 heterocycles. The van der Waals surface area contributed by atoms with Crippen LogP contribution in [0.2, 0.25) is 10.0 Å². The number of carbonyl (C=O) groups is 3. The Balaban J connectivity index is 1.50. The molecule has 1 unspecified atom stereocenters. The Morgan fingerprint density at radius 2 is 1.77 bits per heavy atom. The van der Waals surface area contributed by atoms with Crippen molar-refractivity contribution in [3.8, 4) is 5.75 Å². The van der Waals surface area contributed by atoms with E-state index in [0.717, 1.165) is 36.9 Å². The summed E-state index contributed by atoms with van der Waals surface area (Å²) in [6.45, 7) is 4.80. The minimum atomic E-state index is -0.769. The zero-order valence-electron chi connectivity index (χ0n) is 25.1. The van der Waals surface area contributed by atoms with E-state index in [1.54, 1.807) is 32.2 Å². The molecular weight excluding hydrogens is 589 g/mol. The number of piperazine rings is 1. The summed E-state index contributed by atoms with van der Waals surface area (Å²) in [4.78, 5) is 45.5. The zero-order chi connectivity index (χ0) is 31.0. The Kier molecular flexibility index (Phi) is 11.7. The van der Waals surface area contributed by atoms with E-state index >= 15 is 0 Å². The van der Waals surface area contributed by atoms with Crippen molar-refractivity contribution in [1.82, 2.24) is 15.1 Å². The van der Waals surface area contributed by atoms with Gasteiger partial charge in [0.1, 0.15) is 11.8 Å². The fourth-order valence-corrected chi connectivity index (χ4v) is 6.85. The molecule has 1 aliphatic heterocycles. The Hall–Kier alpha value is -2.85. The van der Waals surface area contributed by atoms with Crippen LogP contribution >= 0.6 is 23.2 Å². The zero-order valence-corrected chi connectivity index (χ0v) is 26.6. The molecule has 0 radical (unpaired) electrons. The van der Waals surface area contributed by atoms with E-state index in [-0.39, 0.29) is 42.6 Å². The molecule has 9 nitrogen and oxygen atoms in total. The summed E-state index contributed by atoms with van der Waals surface area (Å²) in [6, 6.07) is 12.0. The fraction of sp³-hybridized carbons (Fsp3) is 0.531. The number of methoxy groups -OCH3 is 1. The van der Waals surface area contributed by atoms with Crippen molar-refractivity contribution in [1.29, 1.82) is 0 Å². The van der Waals surface area contributed by atoms with Gasteiger partial charge in [-0.2, -0.15) is 0 Å². The maximum Gasteiger partial charge on any atom is 0.245 e. The molecule has 1 aliphatic carbocycles. The molecule has 3 N–H and O–H groups in total. The van der Waals surface area contributed by atoms with Gasteiger partial charge >= 0.3 is 0 Å². The highest BCUT2D eigenvalue weighted by Gasteiger charge is 2.42. The van der Waals surface area contributed by atoms with Crippen LogP contribution in [0.25, 0.3) is 0 Å². The van der Waals surface area contributed by atoms with Crippen LogP contribution in [-0.4, -0.2) is 85.5 Å². The van der Waals surface area contributed by atoms with Crippen molar-refractivity contribution in [2.45, 2.75) is 63.5 Å². The van der Waals surface area contributed by atoms with Crippen molar-refractivity contribution >= 4 is 46.6 Å². The second-order valence-corrected chi connectivity index (χ2v) is 12.3. The first-order valence-electron chi connectivity index (χ1n) is 15.0. The van der Waals surface area contributed by atoms with E-state index in [1.165, 1.54) is 6.42 Å². The number of anilines is 1. The van der Waals surface area contributed by atoms with E-state index in [0.29, 0.717) is 48.5 Å². The third-order valence-electron chi connectivity index (χ3n) is 8.69. The topological polar surface area (TPSA) is 108 Å². The molecule has 1 atom stereocenters. The van der Waals surface area contributed by atoms with Crippen molar-refractivity contribution in [3.05, 3.63) is 58.1 Å². The van der Waals surface area contributed by atoms with Crippen LogP contribution in [0, 0.1) is 0 Å². The first-order chi connectivity index (χ1) is 20.7. The highest BCUT2D eigenvalue weighted by atomic mass is 35.5. The predicted octanol–water partition coefficient (Wildman–Crippen LogP) is 4.28. The third-order valence-corrected chi connectivity index (χ3v) is 9.27. The molecule has 2 aromatic rings. The van der Waals surface area contributed by atoms with Crippen LogP contribution in [-0.2, 0) is 20.8 Å². The van der Waals surface area contributed by atoms with Gasteiger partial charge in [-0.1, -0.05) is 54.6 Å². The minimum absolute atomic E-state index is 0.0102. The number of benzene rings is 2. The molecule has 1 saturated carbocycles. The van der Waals surface area contributed by atoms with Gasteiger partial charge in [0.25, 0.3) is 0 Å². The van der Waals surface area contributed by atoms with Gasteiger partial charge in [0, 0.05) is 86.4 Å². The second-order valence-electron chi connectivity index (χ2n) is 11.5. The van der Waals surface area contributed by atoms with Crippen LogP contribution < -0.4 is 20.7 Å². The molecule has 0 bridgehead atoms. The number of rotatable bonds is 11. The lowest BCUT2D eigenvalue weighted by molar-refractivity contribution is -0.139. The molecule has 234 valence electrons. The summed E-state index contributed by atoms with van der Waals surface area (Å²) in [5, 5.41) is 3.84. The number of nitrogens with zero attached hydrogens (tertiary/aromatic N) is 3. The number of hydrogen-bond acceptors (Lipinski definition) is 6. The highest BCUT2D eigenvalue weighted by Crippen LogP contribution is 2.37. The first kappa shape index (κ1) is 33.1. The number of nitrogens with two attached hydrogens (primary N) is 1. The van der Waals surface area contributed by atoms with E-state index < -0.39 is 6.04 Å². The van der Waals surface area contributed by atoms with Crippen LogP contribution in [0.5, 0.6) is 5.75 Å². The molecule has 1 saturated heterocycles. The lowest BCUT2D eigenvalue weighted by Crippen LogP contribution is -2.64. The number of halogens is 2. The number of amides is 3. The van der Waals surface area contributed by atoms with Gasteiger partial charge < -0.3 is 25.6 Å². The molecule has 3 amide bonds. The molecular formula is C32H43Cl2N5O4. The van der Waals surface area contributed by atoms with Crippen molar-refractivity contribution in [2.75, 3.05) is 51.3 Å². The fourth-order valence-electron chi connectivity index (χ4n) is 6.37. The minimum Gasteiger partial charge on any atom is -0.497 e. The first-order valence-corrected chi connectivity index (χ1v) is 15.8. The van der Waals surface area contributed by atoms with E-state index in [2.05, 4.69) is 10.2 Å². The largest absolute Gasteiger partial charge is 0.497 e. The number of ether oxygens (including phenoxy) is 1. The molecule has 2 aromatic carbocycles. The van der Waals surface area contributed by atoms with Crippen molar-refractivity contribution < 1.29 is 19.1 Å². The molecule has 4 rings (SSSR count). The van der Waals surface area contributed by atoms with Gasteiger partial charge in [0.2, 0.25) is 17.7 Å². The average Bonchev–Trinajstić information content (AvgIpc) is 3.01. The van der Waals surface area contributed by atoms with Gasteiger partial charge in [-0.25, -0.2) is 0 Å². The molecule has 0 aromatic heterocycles. The third kappa shape index (κ3) is 8.41. The number of nitrogens with one attached hydrogen (secondary N) is 1. The standard InChI is InChI=1S/C32H43Cl2N5O4/c1-23(40)39(26-7-6-8-27(21-26)43-2)22-32(12-4-3-5-13-32)38-17-15-37(16-18-38)31(42)29(36-30(41)11-14-35)19-24-9-10-25(33)20-28(24)34/h6-10,20-21,29H,3-5,11-19,22,35H2,1-2H3,(H,36,41). The predicted molar refractivity (Wildman–Crippen MR) is 171 cm³/mol. The number of hydrogen-bond donors (Lipinski definition) is 2. The quantitative estimate of drug-likeness (QED) is 0.383. The van der Waals surface area contributed by atoms with Crippen LogP contribution in [0.15, 0.2) is 42.5 Å². The molecule has 2 fully saturated rings. The van der Waals surface area contributed by atoms with Gasteiger partial charge in [-0.15, -0.1) is 0 Å². The van der Waals surface area contributed by atoms with E-state index in [9.17, 15) is 14.4 Å². The summed E-state index contributed by atoms with van der Waals surface area (Å²) in [6.07, 6.45) is 5.73. The van der Waals surface area contributed by atoms with Crippen LogP contribution in [0.3, 0.4) is 0 Å². The summed E-state index contributed by atoms with van der Waals surface area (Å²) < 4.78 is 5.42. The summed E-state index contributed by atoms with van der Waals surface area (Å²) in [7, 11) is 1.62. The summed E-state index contributed by atoms with van der Waals surface area (Å²) in [5.74, 6) is 0.286. The van der Waals surface area contributed by atoms with Crippen LogP contribution in [0.4, 0.5) is 5.69 Å². The van der Waals surface area contributed by atoms with Gasteiger partial charge in [-0.3, -0.25) is 19.3 Å². The summed E-state index contributed by atoms with van der Waals surface area (Å²) in [5.41, 5.74) is 6.96. The molecule has 43 heavy (non-hydrogen) atoms. The average molecular weight is 633 g/mol. The lowest BCUT2D eigenvalue weighted by Gasteiger charge is -2.51. The highest BCUT2D eigenvalue weighted by molar-refractivity contribution is 6.35. The van der Waals surface area contributed by atoms with E-state index in [4.69, 9.17) is 33.7 Å². The maximum atomic E-state index is 13.8.